The van der Waals surface area contributed by atoms with Crippen molar-refractivity contribution in [1.82, 2.24) is 14.6 Å². The molecule has 2 heterocycles. The average Bonchev–Trinajstić information content (AvgIpc) is 2.58. The first kappa shape index (κ1) is 10.9. The fraction of sp³-hybridized carbons (Fsp3) is 0.333. The second-order valence-corrected chi connectivity index (χ2v) is 5.91. The van der Waals surface area contributed by atoms with Crippen LogP contribution >= 0.6 is 0 Å². The van der Waals surface area contributed by atoms with Gasteiger partial charge in [0.05, 0.1) is 11.4 Å². The number of rotatable bonds is 3. The summed E-state index contributed by atoms with van der Waals surface area (Å²) in [4.78, 5) is 0. The predicted octanol–water partition coefficient (Wildman–Crippen LogP) is -0.101. The Labute approximate surface area is 93.0 Å². The summed E-state index contributed by atoms with van der Waals surface area (Å²) in [6.07, 6.45) is 3.30. The van der Waals surface area contributed by atoms with Gasteiger partial charge in [-0.3, -0.25) is 4.40 Å². The van der Waals surface area contributed by atoms with Crippen molar-refractivity contribution in [3.05, 3.63) is 24.2 Å². The van der Waals surface area contributed by atoms with Gasteiger partial charge in [-0.05, 0) is 12.1 Å². The zero-order valence-corrected chi connectivity index (χ0v) is 9.61. The SMILES string of the molecule is CS(=O)(=O)CCc1nnc2c(N)cccn12. The molecule has 0 radical (unpaired) electrons. The highest BCUT2D eigenvalue weighted by Gasteiger charge is 2.10. The van der Waals surface area contributed by atoms with Gasteiger partial charge in [-0.15, -0.1) is 10.2 Å². The summed E-state index contributed by atoms with van der Waals surface area (Å²) in [7, 11) is -2.99. The minimum absolute atomic E-state index is 0.0581. The lowest BCUT2D eigenvalue weighted by Crippen LogP contribution is -2.08. The molecule has 0 aliphatic heterocycles. The van der Waals surface area contributed by atoms with Crippen LogP contribution in [0.4, 0.5) is 5.69 Å². The van der Waals surface area contributed by atoms with E-state index in [4.69, 9.17) is 5.73 Å². The van der Waals surface area contributed by atoms with Crippen molar-refractivity contribution in [3.8, 4) is 0 Å². The molecule has 2 aromatic heterocycles. The predicted molar refractivity (Wildman–Crippen MR) is 60.8 cm³/mol. The Morgan fingerprint density at radius 2 is 2.19 bits per heavy atom. The third-order valence-corrected chi connectivity index (χ3v) is 3.18. The van der Waals surface area contributed by atoms with E-state index in [0.29, 0.717) is 23.6 Å². The Morgan fingerprint density at radius 3 is 2.88 bits per heavy atom. The van der Waals surface area contributed by atoms with Crippen molar-refractivity contribution in [2.24, 2.45) is 0 Å². The molecule has 0 spiro atoms. The monoisotopic (exact) mass is 240 g/mol. The third-order valence-electron chi connectivity index (χ3n) is 2.23. The van der Waals surface area contributed by atoms with E-state index in [9.17, 15) is 8.42 Å². The van der Waals surface area contributed by atoms with Crippen LogP contribution in [0.25, 0.3) is 5.65 Å². The summed E-state index contributed by atoms with van der Waals surface area (Å²) in [5, 5.41) is 7.84. The van der Waals surface area contributed by atoms with Crippen molar-refractivity contribution in [2.45, 2.75) is 6.42 Å². The Hall–Kier alpha value is -1.63. The molecular weight excluding hydrogens is 228 g/mol. The van der Waals surface area contributed by atoms with Crippen LogP contribution in [-0.2, 0) is 16.3 Å². The highest BCUT2D eigenvalue weighted by molar-refractivity contribution is 7.90. The van der Waals surface area contributed by atoms with E-state index in [1.165, 1.54) is 6.26 Å². The Kier molecular flexibility index (Phi) is 2.55. The second-order valence-electron chi connectivity index (χ2n) is 3.65. The van der Waals surface area contributed by atoms with E-state index in [2.05, 4.69) is 10.2 Å². The molecule has 6 nitrogen and oxygen atoms in total. The fourth-order valence-electron chi connectivity index (χ4n) is 1.43. The van der Waals surface area contributed by atoms with E-state index >= 15 is 0 Å². The number of nitrogens with zero attached hydrogens (tertiary/aromatic N) is 3. The zero-order valence-electron chi connectivity index (χ0n) is 8.79. The molecule has 2 N–H and O–H groups in total. The quantitative estimate of drug-likeness (QED) is 0.809. The molecule has 86 valence electrons. The number of nitrogens with two attached hydrogens (primary N) is 1. The van der Waals surface area contributed by atoms with Gasteiger partial charge in [0.25, 0.3) is 0 Å². The molecule has 0 aliphatic rings. The smallest absolute Gasteiger partial charge is 0.183 e. The van der Waals surface area contributed by atoms with E-state index < -0.39 is 9.84 Å². The summed E-state index contributed by atoms with van der Waals surface area (Å²) in [6.45, 7) is 0. The van der Waals surface area contributed by atoms with Crippen molar-refractivity contribution >= 4 is 21.2 Å². The van der Waals surface area contributed by atoms with Crippen LogP contribution in [0.1, 0.15) is 5.82 Å². The van der Waals surface area contributed by atoms with Crippen LogP contribution in [0, 0.1) is 0 Å². The molecule has 0 bridgehead atoms. The van der Waals surface area contributed by atoms with Crippen molar-refractivity contribution < 1.29 is 8.42 Å². The van der Waals surface area contributed by atoms with Gasteiger partial charge >= 0.3 is 0 Å². The average molecular weight is 240 g/mol. The van der Waals surface area contributed by atoms with E-state index in [-0.39, 0.29) is 5.75 Å². The molecule has 0 aliphatic carbocycles. The molecule has 0 fully saturated rings. The van der Waals surface area contributed by atoms with Gasteiger partial charge < -0.3 is 5.73 Å². The molecule has 0 unspecified atom stereocenters. The largest absolute Gasteiger partial charge is 0.396 e. The van der Waals surface area contributed by atoms with Gasteiger partial charge in [0.1, 0.15) is 15.7 Å². The summed E-state index contributed by atoms with van der Waals surface area (Å²) < 4.78 is 23.8. The van der Waals surface area contributed by atoms with Crippen LogP contribution in [0.15, 0.2) is 18.3 Å². The van der Waals surface area contributed by atoms with E-state index in [0.717, 1.165) is 0 Å². The lowest BCUT2D eigenvalue weighted by molar-refractivity contribution is 0.600. The fourth-order valence-corrected chi connectivity index (χ4v) is 1.98. The van der Waals surface area contributed by atoms with Crippen molar-refractivity contribution in [1.29, 1.82) is 0 Å². The van der Waals surface area contributed by atoms with Crippen LogP contribution in [-0.4, -0.2) is 35.0 Å². The molecule has 0 amide bonds. The number of aryl methyl sites for hydroxylation is 1. The number of hydrogen-bond donors (Lipinski definition) is 1. The molecule has 2 aromatic rings. The Balaban J connectivity index is 2.36. The van der Waals surface area contributed by atoms with Gasteiger partial charge in [0, 0.05) is 18.9 Å². The van der Waals surface area contributed by atoms with Gasteiger partial charge in [-0.25, -0.2) is 8.42 Å². The second kappa shape index (κ2) is 3.75. The molecular formula is C9H12N4O2S. The summed E-state index contributed by atoms with van der Waals surface area (Å²) >= 11 is 0. The van der Waals surface area contributed by atoms with E-state index in [1.54, 1.807) is 22.7 Å². The standard InChI is InChI=1S/C9H12N4O2S/c1-16(14,15)6-4-8-11-12-9-7(10)3-2-5-13(8)9/h2-3,5H,4,6,10H2,1H3. The maximum atomic E-state index is 11.0. The van der Waals surface area contributed by atoms with Crippen molar-refractivity contribution in [2.75, 3.05) is 17.7 Å². The highest BCUT2D eigenvalue weighted by Crippen LogP contribution is 2.11. The number of fused-ring (bicyclic) bond motifs is 1. The van der Waals surface area contributed by atoms with Crippen molar-refractivity contribution in [3.63, 3.8) is 0 Å². The minimum Gasteiger partial charge on any atom is -0.396 e. The topological polar surface area (TPSA) is 90.3 Å². The molecule has 0 aromatic carbocycles. The number of hydrogen-bond acceptors (Lipinski definition) is 5. The first-order chi connectivity index (χ1) is 7.47. The van der Waals surface area contributed by atoms with Gasteiger partial charge in [0.15, 0.2) is 5.65 Å². The van der Waals surface area contributed by atoms with Crippen LogP contribution in [0.5, 0.6) is 0 Å². The van der Waals surface area contributed by atoms with E-state index in [1.807, 2.05) is 0 Å². The summed E-state index contributed by atoms with van der Waals surface area (Å²) in [6, 6.07) is 3.50. The number of aromatic nitrogens is 3. The Bertz CT molecular complexity index is 617. The third kappa shape index (κ3) is 2.13. The maximum Gasteiger partial charge on any atom is 0.183 e. The molecule has 0 atom stereocenters. The van der Waals surface area contributed by atoms with Gasteiger partial charge in [-0.1, -0.05) is 0 Å². The van der Waals surface area contributed by atoms with Crippen LogP contribution < -0.4 is 5.73 Å². The number of anilines is 1. The molecule has 16 heavy (non-hydrogen) atoms. The van der Waals surface area contributed by atoms with Crippen LogP contribution in [0.3, 0.4) is 0 Å². The molecule has 7 heteroatoms. The van der Waals surface area contributed by atoms with Gasteiger partial charge in [0.2, 0.25) is 0 Å². The maximum absolute atomic E-state index is 11.0. The van der Waals surface area contributed by atoms with Gasteiger partial charge in [-0.2, -0.15) is 0 Å². The number of sulfone groups is 1. The first-order valence-corrected chi connectivity index (χ1v) is 6.79. The summed E-state index contributed by atoms with van der Waals surface area (Å²) in [5.41, 5.74) is 6.80. The normalized spacial score (nSPS) is 12.1. The lowest BCUT2D eigenvalue weighted by Gasteiger charge is -1.99. The lowest BCUT2D eigenvalue weighted by atomic mass is 10.4. The zero-order chi connectivity index (χ0) is 11.8. The number of pyridine rings is 1. The molecule has 0 saturated heterocycles. The summed E-state index contributed by atoms with van der Waals surface area (Å²) in [5.74, 6) is 0.663. The highest BCUT2D eigenvalue weighted by atomic mass is 32.2. The minimum atomic E-state index is -2.99. The Morgan fingerprint density at radius 1 is 1.44 bits per heavy atom. The van der Waals surface area contributed by atoms with Crippen LogP contribution in [0.2, 0.25) is 0 Å². The number of nitrogen functional groups attached to an aromatic ring is 1. The molecule has 2 rings (SSSR count). The molecule has 0 saturated carbocycles. The first-order valence-electron chi connectivity index (χ1n) is 4.73.